The van der Waals surface area contributed by atoms with Crippen molar-refractivity contribution in [3.05, 3.63) is 40.6 Å². The minimum atomic E-state index is -1.30. The standard InChI is InChI=1S/C17H19ClN2O5/c1-9(2)20-14(21)11-7-10(5-6-13(11)18)19-8-12-15(22)24-17(3,4)25-16(12)23/h5-9,19H,1-4H3,(H,20,21). The number of ether oxygens (including phenoxy) is 2. The van der Waals surface area contributed by atoms with E-state index >= 15 is 0 Å². The number of rotatable bonds is 4. The van der Waals surface area contributed by atoms with E-state index in [1.807, 2.05) is 13.8 Å². The predicted molar refractivity (Wildman–Crippen MR) is 92.0 cm³/mol. The molecule has 1 heterocycles. The zero-order chi connectivity index (χ0) is 18.8. The van der Waals surface area contributed by atoms with Crippen LogP contribution in [0.2, 0.25) is 5.02 Å². The van der Waals surface area contributed by atoms with Crippen LogP contribution in [0.5, 0.6) is 0 Å². The molecule has 0 saturated carbocycles. The van der Waals surface area contributed by atoms with Gasteiger partial charge in [-0.15, -0.1) is 0 Å². The number of hydrogen-bond acceptors (Lipinski definition) is 6. The quantitative estimate of drug-likeness (QED) is 0.483. The van der Waals surface area contributed by atoms with Gasteiger partial charge in [0, 0.05) is 31.8 Å². The predicted octanol–water partition coefficient (Wildman–Crippen LogP) is 2.61. The van der Waals surface area contributed by atoms with E-state index < -0.39 is 17.7 Å². The first-order chi connectivity index (χ1) is 11.6. The third-order valence-electron chi connectivity index (χ3n) is 3.13. The van der Waals surface area contributed by atoms with Crippen molar-refractivity contribution in [1.29, 1.82) is 0 Å². The highest BCUT2D eigenvalue weighted by Crippen LogP contribution is 2.24. The number of benzene rings is 1. The average Bonchev–Trinajstić information content (AvgIpc) is 2.45. The number of esters is 2. The van der Waals surface area contributed by atoms with Crippen LogP contribution in [0.3, 0.4) is 0 Å². The van der Waals surface area contributed by atoms with E-state index in [9.17, 15) is 14.4 Å². The molecule has 0 radical (unpaired) electrons. The molecule has 7 nitrogen and oxygen atoms in total. The van der Waals surface area contributed by atoms with Crippen molar-refractivity contribution in [2.45, 2.75) is 39.5 Å². The molecule has 2 N–H and O–H groups in total. The van der Waals surface area contributed by atoms with Gasteiger partial charge in [0.2, 0.25) is 0 Å². The number of anilines is 1. The normalized spacial score (nSPS) is 16.2. The Hall–Kier alpha value is -2.54. The van der Waals surface area contributed by atoms with Crippen LogP contribution in [-0.2, 0) is 19.1 Å². The Morgan fingerprint density at radius 2 is 1.80 bits per heavy atom. The van der Waals surface area contributed by atoms with Crippen molar-refractivity contribution in [1.82, 2.24) is 5.32 Å². The Balaban J connectivity index is 2.20. The van der Waals surface area contributed by atoms with Crippen molar-refractivity contribution in [3.8, 4) is 0 Å². The van der Waals surface area contributed by atoms with Crippen molar-refractivity contribution in [2.75, 3.05) is 5.32 Å². The molecule has 134 valence electrons. The van der Waals surface area contributed by atoms with Gasteiger partial charge in [0.15, 0.2) is 5.57 Å². The molecule has 8 heteroatoms. The lowest BCUT2D eigenvalue weighted by molar-refractivity contribution is -0.222. The summed E-state index contributed by atoms with van der Waals surface area (Å²) in [7, 11) is 0. The molecule has 1 amide bonds. The highest BCUT2D eigenvalue weighted by atomic mass is 35.5. The van der Waals surface area contributed by atoms with Crippen molar-refractivity contribution >= 4 is 35.1 Å². The van der Waals surface area contributed by atoms with Gasteiger partial charge < -0.3 is 20.1 Å². The minimum Gasteiger partial charge on any atom is -0.419 e. The summed E-state index contributed by atoms with van der Waals surface area (Å²) in [5.74, 6) is -3.20. The molecule has 1 aromatic carbocycles. The molecular weight excluding hydrogens is 348 g/mol. The zero-order valence-electron chi connectivity index (χ0n) is 14.3. The molecule has 0 aromatic heterocycles. The van der Waals surface area contributed by atoms with Crippen molar-refractivity contribution < 1.29 is 23.9 Å². The lowest BCUT2D eigenvalue weighted by atomic mass is 10.1. The molecule has 0 atom stereocenters. The molecule has 1 saturated heterocycles. The van der Waals surface area contributed by atoms with Gasteiger partial charge in [-0.25, -0.2) is 9.59 Å². The Bertz CT molecular complexity index is 733. The SMILES string of the molecule is CC(C)NC(=O)c1cc(NC=C2C(=O)OC(C)(C)OC2=O)ccc1Cl. The number of nitrogens with one attached hydrogen (secondary N) is 2. The van der Waals surface area contributed by atoms with Gasteiger partial charge in [-0.1, -0.05) is 11.6 Å². The maximum Gasteiger partial charge on any atom is 0.350 e. The average molecular weight is 367 g/mol. The van der Waals surface area contributed by atoms with Crippen LogP contribution >= 0.6 is 11.6 Å². The largest absolute Gasteiger partial charge is 0.419 e. The third-order valence-corrected chi connectivity index (χ3v) is 3.46. The summed E-state index contributed by atoms with van der Waals surface area (Å²) in [4.78, 5) is 35.9. The Labute approximate surface area is 150 Å². The monoisotopic (exact) mass is 366 g/mol. The lowest BCUT2D eigenvalue weighted by Crippen LogP contribution is -2.42. The summed E-state index contributed by atoms with van der Waals surface area (Å²) in [6, 6.07) is 4.62. The smallest absolute Gasteiger partial charge is 0.350 e. The van der Waals surface area contributed by atoms with Crippen LogP contribution in [0, 0.1) is 0 Å². The topological polar surface area (TPSA) is 93.7 Å². The fourth-order valence-corrected chi connectivity index (χ4v) is 2.27. The summed E-state index contributed by atoms with van der Waals surface area (Å²) < 4.78 is 9.99. The highest BCUT2D eigenvalue weighted by Gasteiger charge is 2.38. The van der Waals surface area contributed by atoms with E-state index in [2.05, 4.69) is 10.6 Å². The molecule has 25 heavy (non-hydrogen) atoms. The molecule has 1 aromatic rings. The van der Waals surface area contributed by atoms with Crippen molar-refractivity contribution in [2.24, 2.45) is 0 Å². The Kier molecular flexibility index (Phi) is 5.37. The summed E-state index contributed by atoms with van der Waals surface area (Å²) in [6.07, 6.45) is 1.17. The number of amides is 1. The van der Waals surface area contributed by atoms with Gasteiger partial charge >= 0.3 is 11.9 Å². The van der Waals surface area contributed by atoms with E-state index in [1.165, 1.54) is 32.2 Å². The molecule has 1 aliphatic heterocycles. The van der Waals surface area contributed by atoms with Crippen LogP contribution in [0.15, 0.2) is 30.0 Å². The third kappa shape index (κ3) is 4.73. The van der Waals surface area contributed by atoms with Crippen LogP contribution in [0.4, 0.5) is 5.69 Å². The molecule has 0 bridgehead atoms. The Morgan fingerprint density at radius 3 is 2.36 bits per heavy atom. The van der Waals surface area contributed by atoms with Crippen LogP contribution in [0.1, 0.15) is 38.1 Å². The van der Waals surface area contributed by atoms with Gasteiger partial charge in [0.25, 0.3) is 11.7 Å². The zero-order valence-corrected chi connectivity index (χ0v) is 15.1. The number of carbonyl (C=O) groups excluding carboxylic acids is 3. The summed E-state index contributed by atoms with van der Waals surface area (Å²) in [6.45, 7) is 6.60. The highest BCUT2D eigenvalue weighted by molar-refractivity contribution is 6.34. The number of halogens is 1. The van der Waals surface area contributed by atoms with E-state index in [-0.39, 0.29) is 28.1 Å². The van der Waals surface area contributed by atoms with E-state index in [4.69, 9.17) is 21.1 Å². The second-order valence-corrected chi connectivity index (χ2v) is 6.61. The first kappa shape index (κ1) is 18.8. The van der Waals surface area contributed by atoms with Gasteiger partial charge in [0.1, 0.15) is 0 Å². The molecule has 1 fully saturated rings. The molecular formula is C17H19ClN2O5. The summed E-state index contributed by atoms with van der Waals surface area (Å²) in [5.41, 5.74) is 0.465. The molecule has 0 spiro atoms. The summed E-state index contributed by atoms with van der Waals surface area (Å²) >= 11 is 6.05. The van der Waals surface area contributed by atoms with E-state index in [0.29, 0.717) is 5.69 Å². The number of hydrogen-bond donors (Lipinski definition) is 2. The van der Waals surface area contributed by atoms with Crippen LogP contribution in [-0.4, -0.2) is 29.7 Å². The Morgan fingerprint density at radius 1 is 1.20 bits per heavy atom. The minimum absolute atomic E-state index is 0.0440. The summed E-state index contributed by atoms with van der Waals surface area (Å²) in [5, 5.41) is 5.80. The van der Waals surface area contributed by atoms with Crippen LogP contribution < -0.4 is 10.6 Å². The lowest BCUT2D eigenvalue weighted by Gasteiger charge is -2.29. The number of cyclic esters (lactones) is 2. The fraction of sp³-hybridized carbons (Fsp3) is 0.353. The van der Waals surface area contributed by atoms with Crippen molar-refractivity contribution in [3.63, 3.8) is 0 Å². The van der Waals surface area contributed by atoms with E-state index in [0.717, 1.165) is 0 Å². The van der Waals surface area contributed by atoms with Gasteiger partial charge in [-0.05, 0) is 32.0 Å². The van der Waals surface area contributed by atoms with Gasteiger partial charge in [-0.2, -0.15) is 0 Å². The first-order valence-corrected chi connectivity index (χ1v) is 8.00. The maximum atomic E-state index is 12.1. The van der Waals surface area contributed by atoms with Gasteiger partial charge in [0.05, 0.1) is 10.6 Å². The van der Waals surface area contributed by atoms with Crippen LogP contribution in [0.25, 0.3) is 0 Å². The van der Waals surface area contributed by atoms with Gasteiger partial charge in [-0.3, -0.25) is 4.79 Å². The molecule has 0 aliphatic carbocycles. The first-order valence-electron chi connectivity index (χ1n) is 7.63. The second kappa shape index (κ2) is 7.14. The second-order valence-electron chi connectivity index (χ2n) is 6.20. The number of carbonyl (C=O) groups is 3. The molecule has 2 rings (SSSR count). The maximum absolute atomic E-state index is 12.1. The fourth-order valence-electron chi connectivity index (χ4n) is 2.06. The van der Waals surface area contributed by atoms with E-state index in [1.54, 1.807) is 6.07 Å². The molecule has 0 unspecified atom stereocenters. The molecule has 1 aliphatic rings.